The van der Waals surface area contributed by atoms with E-state index in [1.807, 2.05) is 0 Å². The van der Waals surface area contributed by atoms with Crippen LogP contribution in [0.4, 0.5) is 0 Å². The Hall–Kier alpha value is 0.396. The van der Waals surface area contributed by atoms with Crippen molar-refractivity contribution in [2.45, 2.75) is 37.1 Å². The first-order valence-electron chi connectivity index (χ1n) is 4.29. The van der Waals surface area contributed by atoms with Crippen LogP contribution in [0.1, 0.15) is 19.3 Å². The summed E-state index contributed by atoms with van der Waals surface area (Å²) < 4.78 is 0. The molecule has 84 valence electrons. The molecule has 0 bridgehead atoms. The molecule has 14 heavy (non-hydrogen) atoms. The van der Waals surface area contributed by atoms with Gasteiger partial charge in [-0.3, -0.25) is 0 Å². The predicted molar refractivity (Wildman–Crippen MR) is 39.9 cm³/mol. The second kappa shape index (κ2) is 4.10. The number of hydrogen-bond acceptors (Lipinski definition) is 6. The molecule has 0 aromatic carbocycles. The van der Waals surface area contributed by atoms with E-state index < -0.39 is 17.8 Å². The zero-order valence-corrected chi connectivity index (χ0v) is 9.96. The topological polar surface area (TPSA) is 97.8 Å². The van der Waals surface area contributed by atoms with Crippen LogP contribution in [0.2, 0.25) is 0 Å². The molecule has 0 aromatic heterocycles. The van der Waals surface area contributed by atoms with Crippen LogP contribution in [-0.4, -0.2) is 39.7 Å². The summed E-state index contributed by atoms with van der Waals surface area (Å²) in [4.78, 5) is 8.38. The molecule has 0 spiro atoms. The minimum absolute atomic E-state index is 0. The Bertz CT molecular complexity index is 212. The van der Waals surface area contributed by atoms with Gasteiger partial charge in [0.1, 0.15) is 5.60 Å². The largest absolute Gasteiger partial charge is 0.402 e. The van der Waals surface area contributed by atoms with Gasteiger partial charge in [0, 0.05) is 26.3 Å². The summed E-state index contributed by atoms with van der Waals surface area (Å²) in [5.74, 6) is 0. The van der Waals surface area contributed by atoms with Gasteiger partial charge in [-0.1, -0.05) is 0 Å². The van der Waals surface area contributed by atoms with Crippen molar-refractivity contribution in [3.8, 4) is 0 Å². The van der Waals surface area contributed by atoms with Crippen LogP contribution in [0, 0.1) is 0 Å². The molecule has 2 aliphatic rings. The Morgan fingerprint density at radius 2 is 2.00 bits per heavy atom. The maximum atomic E-state index is 9.82. The van der Waals surface area contributed by atoms with Crippen molar-refractivity contribution in [2.75, 3.05) is 6.54 Å². The fourth-order valence-corrected chi connectivity index (χ4v) is 1.61. The summed E-state index contributed by atoms with van der Waals surface area (Å²) in [7, 11) is 0. The van der Waals surface area contributed by atoms with Gasteiger partial charge in [0.15, 0.2) is 0 Å². The molecule has 2 atom stereocenters. The molecule has 1 saturated heterocycles. The number of rotatable bonds is 3. The molecular formula is C7H13NO5Os. The van der Waals surface area contributed by atoms with Crippen LogP contribution in [0.3, 0.4) is 0 Å². The van der Waals surface area contributed by atoms with Crippen molar-refractivity contribution in [1.82, 2.24) is 5.32 Å². The van der Waals surface area contributed by atoms with Crippen LogP contribution in [0.15, 0.2) is 0 Å². The molecule has 2 unspecified atom stereocenters. The SMILES string of the molecule is OC1CCCC1(O)CNC1(O)OO1.[Os]. The van der Waals surface area contributed by atoms with Crippen LogP contribution in [-0.2, 0) is 29.6 Å². The maximum Gasteiger partial charge on any atom is 0.402 e. The van der Waals surface area contributed by atoms with Crippen molar-refractivity contribution in [2.24, 2.45) is 0 Å². The second-order valence-corrected chi connectivity index (χ2v) is 3.61. The van der Waals surface area contributed by atoms with Gasteiger partial charge in [-0.15, -0.1) is 9.78 Å². The van der Waals surface area contributed by atoms with Crippen molar-refractivity contribution in [3.05, 3.63) is 0 Å². The molecular weight excluding hydrogens is 368 g/mol. The number of aliphatic hydroxyl groups excluding tert-OH is 1. The molecule has 0 aromatic rings. The Balaban J connectivity index is 0.000000980. The summed E-state index contributed by atoms with van der Waals surface area (Å²) in [5, 5.41) is 30.7. The van der Waals surface area contributed by atoms with E-state index in [1.54, 1.807) is 0 Å². The van der Waals surface area contributed by atoms with Gasteiger partial charge in [-0.2, -0.15) is 0 Å². The summed E-state index contributed by atoms with van der Waals surface area (Å²) in [6.45, 7) is 0.0463. The first-order chi connectivity index (χ1) is 6.04. The fourth-order valence-electron chi connectivity index (χ4n) is 1.61. The molecule has 1 heterocycles. The Morgan fingerprint density at radius 1 is 1.36 bits per heavy atom. The number of nitrogens with one attached hydrogen (secondary N) is 1. The van der Waals surface area contributed by atoms with Crippen LogP contribution < -0.4 is 5.32 Å². The summed E-state index contributed by atoms with van der Waals surface area (Å²) in [6, 6.07) is 0. The third-order valence-electron chi connectivity index (χ3n) is 2.57. The number of hydrogen-bond donors (Lipinski definition) is 4. The van der Waals surface area contributed by atoms with Crippen LogP contribution >= 0.6 is 0 Å². The molecule has 0 radical (unpaired) electrons. The van der Waals surface area contributed by atoms with Gasteiger partial charge in [-0.25, -0.2) is 5.32 Å². The van der Waals surface area contributed by atoms with E-state index in [4.69, 9.17) is 5.11 Å². The van der Waals surface area contributed by atoms with E-state index in [2.05, 4.69) is 15.1 Å². The Labute approximate surface area is 94.2 Å². The van der Waals surface area contributed by atoms with E-state index in [0.29, 0.717) is 12.8 Å². The first kappa shape index (κ1) is 12.5. The third kappa shape index (κ3) is 2.50. The smallest absolute Gasteiger partial charge is 0.390 e. The van der Waals surface area contributed by atoms with Gasteiger partial charge in [0.05, 0.1) is 6.10 Å². The van der Waals surface area contributed by atoms with Crippen molar-refractivity contribution in [3.63, 3.8) is 0 Å². The van der Waals surface area contributed by atoms with Crippen molar-refractivity contribution < 1.29 is 44.9 Å². The quantitative estimate of drug-likeness (QED) is 0.268. The zero-order valence-electron chi connectivity index (χ0n) is 7.42. The average molecular weight is 381 g/mol. The van der Waals surface area contributed by atoms with E-state index >= 15 is 0 Å². The standard InChI is InChI=1S/C7H13NO5.Os/c9-5-2-1-3-6(5,10)4-8-7(11)12-13-7;/h5,8-11H,1-4H2;. The molecule has 1 aliphatic heterocycles. The molecule has 4 N–H and O–H groups in total. The normalized spacial score (nSPS) is 39.2. The summed E-state index contributed by atoms with van der Waals surface area (Å²) in [6.07, 6.45) is -0.630. The third-order valence-corrected chi connectivity index (χ3v) is 2.57. The van der Waals surface area contributed by atoms with Crippen LogP contribution in [0.5, 0.6) is 0 Å². The van der Waals surface area contributed by atoms with Crippen LogP contribution in [0.25, 0.3) is 0 Å². The fraction of sp³-hybridized carbons (Fsp3) is 1.00. The van der Waals surface area contributed by atoms with E-state index in [9.17, 15) is 10.2 Å². The van der Waals surface area contributed by atoms with Crippen molar-refractivity contribution >= 4 is 0 Å². The molecule has 2 fully saturated rings. The minimum atomic E-state index is -1.75. The van der Waals surface area contributed by atoms with E-state index in [1.165, 1.54) is 0 Å². The van der Waals surface area contributed by atoms with Gasteiger partial charge < -0.3 is 15.3 Å². The van der Waals surface area contributed by atoms with Crippen molar-refractivity contribution in [1.29, 1.82) is 0 Å². The molecule has 2 rings (SSSR count). The monoisotopic (exact) mass is 383 g/mol. The molecule has 0 amide bonds. The van der Waals surface area contributed by atoms with E-state index in [0.717, 1.165) is 6.42 Å². The molecule has 1 aliphatic carbocycles. The van der Waals surface area contributed by atoms with Gasteiger partial charge >= 0.3 is 6.10 Å². The minimum Gasteiger partial charge on any atom is -0.390 e. The average Bonchev–Trinajstić information content (AvgIpc) is 2.73. The Kier molecular flexibility index (Phi) is 3.65. The predicted octanol–water partition coefficient (Wildman–Crippen LogP) is -1.59. The van der Waals surface area contributed by atoms with Gasteiger partial charge in [0.2, 0.25) is 0 Å². The molecule has 7 heteroatoms. The zero-order chi connectivity index (χ0) is 9.53. The summed E-state index contributed by atoms with van der Waals surface area (Å²) in [5.41, 5.74) is -1.18. The summed E-state index contributed by atoms with van der Waals surface area (Å²) >= 11 is 0. The first-order valence-corrected chi connectivity index (χ1v) is 4.29. The van der Waals surface area contributed by atoms with E-state index in [-0.39, 0.29) is 26.3 Å². The maximum absolute atomic E-state index is 9.82. The number of aliphatic hydroxyl groups is 3. The van der Waals surface area contributed by atoms with Gasteiger partial charge in [0.25, 0.3) is 0 Å². The van der Waals surface area contributed by atoms with Gasteiger partial charge in [-0.05, 0) is 19.3 Å². The molecule has 1 saturated carbocycles. The second-order valence-electron chi connectivity index (χ2n) is 3.61. The Morgan fingerprint density at radius 3 is 2.43 bits per heavy atom. The molecule has 6 nitrogen and oxygen atoms in total.